The number of nitrogens with zero attached hydrogens (tertiary/aromatic N) is 1. The predicted molar refractivity (Wildman–Crippen MR) is 102 cm³/mol. The molecular weight excluding hydrogens is 365 g/mol. The maximum atomic E-state index is 13.6. The number of rotatable bonds is 5. The van der Waals surface area contributed by atoms with Gasteiger partial charge in [-0.05, 0) is 42.8 Å². The first-order chi connectivity index (χ1) is 13.2. The molecule has 2 atom stereocenters. The van der Waals surface area contributed by atoms with Crippen LogP contribution >= 0.6 is 0 Å². The van der Waals surface area contributed by atoms with E-state index in [4.69, 9.17) is 0 Å². The number of carbonyl (C=O) groups is 3. The van der Waals surface area contributed by atoms with Gasteiger partial charge in [0.05, 0.1) is 11.3 Å². The van der Waals surface area contributed by atoms with E-state index in [-0.39, 0.29) is 17.0 Å². The number of ketones is 2. The molecule has 7 nitrogen and oxygen atoms in total. The van der Waals surface area contributed by atoms with Crippen molar-refractivity contribution in [1.29, 1.82) is 0 Å². The summed E-state index contributed by atoms with van der Waals surface area (Å²) in [5, 5.41) is 16.1. The normalized spacial score (nSPS) is 18.4. The lowest BCUT2D eigenvalue weighted by Crippen LogP contribution is -2.64. The number of nitrogens with one attached hydrogen (secondary N) is 2. The lowest BCUT2D eigenvalue weighted by Gasteiger charge is -2.35. The van der Waals surface area contributed by atoms with E-state index in [1.54, 1.807) is 33.2 Å². The fourth-order valence-electron chi connectivity index (χ4n) is 3.05. The topological polar surface area (TPSA) is 98.7 Å². The second kappa shape index (κ2) is 7.30. The van der Waals surface area contributed by atoms with Crippen molar-refractivity contribution in [3.05, 3.63) is 53.3 Å². The molecule has 1 aliphatic rings. The molecule has 0 heterocycles. The Bertz CT molecular complexity index is 954. The van der Waals surface area contributed by atoms with Crippen molar-refractivity contribution < 1.29 is 23.9 Å². The van der Waals surface area contributed by atoms with Gasteiger partial charge in [-0.25, -0.2) is 4.39 Å². The van der Waals surface area contributed by atoms with Crippen molar-refractivity contribution in [2.75, 3.05) is 24.7 Å². The smallest absolute Gasteiger partial charge is 0.257 e. The fraction of sp³-hybridized carbons (Fsp3) is 0.250. The molecule has 0 aromatic heterocycles. The summed E-state index contributed by atoms with van der Waals surface area (Å²) in [5.74, 6) is -2.47. The van der Waals surface area contributed by atoms with Gasteiger partial charge in [0.15, 0.2) is 5.75 Å². The number of aromatic hydroxyl groups is 1. The van der Waals surface area contributed by atoms with E-state index in [9.17, 15) is 23.9 Å². The van der Waals surface area contributed by atoms with E-state index in [0.717, 1.165) is 0 Å². The predicted octanol–water partition coefficient (Wildman–Crippen LogP) is 1.95. The number of hydrogen-bond donors (Lipinski definition) is 3. The molecule has 0 radical (unpaired) electrons. The van der Waals surface area contributed by atoms with Crippen LogP contribution in [-0.2, 0) is 9.59 Å². The molecular formula is C20H20FN3O4. The fourth-order valence-corrected chi connectivity index (χ4v) is 3.05. The minimum Gasteiger partial charge on any atom is -0.505 e. The first-order valence-corrected chi connectivity index (χ1v) is 8.61. The van der Waals surface area contributed by atoms with Crippen LogP contribution in [0.4, 0.5) is 15.8 Å². The molecule has 2 aromatic rings. The maximum absolute atomic E-state index is 13.6. The summed E-state index contributed by atoms with van der Waals surface area (Å²) in [6.45, 7) is 1.71. The number of Topliss-reactive ketones (excluding diaryl/α,β-unsaturated/α-hetero) is 2. The van der Waals surface area contributed by atoms with Gasteiger partial charge in [0.1, 0.15) is 17.9 Å². The molecule has 1 saturated carbocycles. The van der Waals surface area contributed by atoms with Crippen LogP contribution in [0.1, 0.15) is 15.9 Å². The number of para-hydroxylation sites is 1. The van der Waals surface area contributed by atoms with Crippen LogP contribution in [0, 0.1) is 12.7 Å². The maximum Gasteiger partial charge on any atom is 0.257 e. The Balaban J connectivity index is 1.83. The molecule has 0 saturated heterocycles. The highest BCUT2D eigenvalue weighted by Crippen LogP contribution is 2.31. The number of carbonyl (C=O) groups excluding carboxylic acids is 3. The molecule has 1 amide bonds. The molecule has 0 aliphatic heterocycles. The van der Waals surface area contributed by atoms with Gasteiger partial charge in [-0.3, -0.25) is 14.4 Å². The summed E-state index contributed by atoms with van der Waals surface area (Å²) >= 11 is 0. The lowest BCUT2D eigenvalue weighted by molar-refractivity contribution is -0.144. The van der Waals surface area contributed by atoms with Gasteiger partial charge >= 0.3 is 0 Å². The van der Waals surface area contributed by atoms with E-state index >= 15 is 0 Å². The van der Waals surface area contributed by atoms with Crippen molar-refractivity contribution in [3.8, 4) is 5.75 Å². The summed E-state index contributed by atoms with van der Waals surface area (Å²) in [6.07, 6.45) is 0. The standard InChI is InChI=1S/C20H20FN3O4/c1-10-7-11(21)9-12(8-10)22-15-16(19(27)18(15)26)23-14-6-4-5-13(17(14)25)20(28)24(2)3/h4-9,15-16,22-23,25H,1-3H3. The van der Waals surface area contributed by atoms with Gasteiger partial charge in [0, 0.05) is 19.8 Å². The molecule has 1 aliphatic carbocycles. The summed E-state index contributed by atoms with van der Waals surface area (Å²) in [5.41, 5.74) is 1.26. The monoisotopic (exact) mass is 385 g/mol. The Morgan fingerprint density at radius 2 is 1.71 bits per heavy atom. The zero-order valence-electron chi connectivity index (χ0n) is 15.6. The highest BCUT2D eigenvalue weighted by molar-refractivity contribution is 6.50. The molecule has 3 rings (SSSR count). The van der Waals surface area contributed by atoms with Gasteiger partial charge in [-0.1, -0.05) is 6.07 Å². The second-order valence-corrected chi connectivity index (χ2v) is 6.89. The SMILES string of the molecule is Cc1cc(F)cc(NC2C(=O)C(=O)C2Nc2cccc(C(=O)N(C)C)c2O)c1. The van der Waals surface area contributed by atoms with Gasteiger partial charge in [-0.2, -0.15) is 0 Å². The summed E-state index contributed by atoms with van der Waals surface area (Å²) in [6, 6.07) is 6.89. The third-order valence-electron chi connectivity index (χ3n) is 4.49. The third kappa shape index (κ3) is 3.53. The first-order valence-electron chi connectivity index (χ1n) is 8.61. The van der Waals surface area contributed by atoms with Gasteiger partial charge in [-0.15, -0.1) is 0 Å². The number of phenolic OH excluding ortho intramolecular Hbond substituents is 1. The number of phenols is 1. The molecule has 28 heavy (non-hydrogen) atoms. The van der Waals surface area contributed by atoms with Crippen LogP contribution in [0.15, 0.2) is 36.4 Å². The van der Waals surface area contributed by atoms with E-state index in [1.807, 2.05) is 0 Å². The van der Waals surface area contributed by atoms with Crippen LogP contribution in [-0.4, -0.2) is 53.7 Å². The summed E-state index contributed by atoms with van der Waals surface area (Å²) < 4.78 is 13.6. The minimum absolute atomic E-state index is 0.0679. The number of anilines is 2. The lowest BCUT2D eigenvalue weighted by atomic mass is 9.82. The van der Waals surface area contributed by atoms with Gasteiger partial charge < -0.3 is 20.6 Å². The van der Waals surface area contributed by atoms with Crippen LogP contribution in [0.25, 0.3) is 0 Å². The number of halogens is 1. The van der Waals surface area contributed by atoms with Gasteiger partial charge in [0.2, 0.25) is 11.6 Å². The Kier molecular flexibility index (Phi) is 5.04. The molecule has 146 valence electrons. The van der Waals surface area contributed by atoms with E-state index < -0.39 is 35.4 Å². The molecule has 2 unspecified atom stereocenters. The first kappa shape index (κ1) is 19.3. The van der Waals surface area contributed by atoms with Gasteiger partial charge in [0.25, 0.3) is 5.91 Å². The Labute approximate surface area is 161 Å². The molecule has 0 bridgehead atoms. The number of amides is 1. The largest absolute Gasteiger partial charge is 0.505 e. The van der Waals surface area contributed by atoms with Crippen LogP contribution in [0.2, 0.25) is 0 Å². The quantitative estimate of drug-likeness (QED) is 0.538. The highest BCUT2D eigenvalue weighted by Gasteiger charge is 2.49. The Morgan fingerprint density at radius 1 is 1.07 bits per heavy atom. The van der Waals surface area contributed by atoms with Crippen LogP contribution < -0.4 is 10.6 Å². The van der Waals surface area contributed by atoms with E-state index in [0.29, 0.717) is 11.3 Å². The number of hydrogen-bond acceptors (Lipinski definition) is 6. The number of benzene rings is 2. The Hall–Kier alpha value is -3.42. The average molecular weight is 385 g/mol. The Morgan fingerprint density at radius 3 is 2.32 bits per heavy atom. The van der Waals surface area contributed by atoms with Crippen molar-refractivity contribution in [2.45, 2.75) is 19.0 Å². The van der Waals surface area contributed by atoms with Crippen LogP contribution in [0.3, 0.4) is 0 Å². The number of aryl methyl sites for hydroxylation is 1. The van der Waals surface area contributed by atoms with Crippen molar-refractivity contribution >= 4 is 28.8 Å². The van der Waals surface area contributed by atoms with Crippen molar-refractivity contribution in [3.63, 3.8) is 0 Å². The van der Waals surface area contributed by atoms with Crippen LogP contribution in [0.5, 0.6) is 5.75 Å². The third-order valence-corrected chi connectivity index (χ3v) is 4.49. The molecule has 8 heteroatoms. The van der Waals surface area contributed by atoms with Crippen molar-refractivity contribution in [2.24, 2.45) is 0 Å². The average Bonchev–Trinajstić information content (AvgIpc) is 2.64. The van der Waals surface area contributed by atoms with Crippen molar-refractivity contribution in [1.82, 2.24) is 4.90 Å². The summed E-state index contributed by atoms with van der Waals surface area (Å²) in [7, 11) is 3.11. The minimum atomic E-state index is -0.952. The van der Waals surface area contributed by atoms with E-state index in [1.165, 1.54) is 29.2 Å². The molecule has 3 N–H and O–H groups in total. The zero-order valence-corrected chi connectivity index (χ0v) is 15.6. The summed E-state index contributed by atoms with van der Waals surface area (Å²) in [4.78, 5) is 37.5. The zero-order chi connectivity index (χ0) is 20.6. The van der Waals surface area contributed by atoms with E-state index in [2.05, 4.69) is 10.6 Å². The molecule has 0 spiro atoms. The highest BCUT2D eigenvalue weighted by atomic mass is 19.1. The molecule has 2 aromatic carbocycles. The molecule has 1 fully saturated rings. The second-order valence-electron chi connectivity index (χ2n) is 6.89.